The zero-order valence-electron chi connectivity index (χ0n) is 13.2. The van der Waals surface area contributed by atoms with Crippen LogP contribution in [-0.2, 0) is 29.0 Å². The Morgan fingerprint density at radius 2 is 1.78 bits per heavy atom. The number of hydrogen-bond acceptors (Lipinski definition) is 4. The van der Waals surface area contributed by atoms with Crippen LogP contribution in [0.5, 0.6) is 11.5 Å². The molecule has 4 nitrogen and oxygen atoms in total. The Bertz CT molecular complexity index is 679. The molecule has 0 saturated carbocycles. The van der Waals surface area contributed by atoms with Gasteiger partial charge in [-0.15, -0.1) is 0 Å². The summed E-state index contributed by atoms with van der Waals surface area (Å²) in [7, 11) is 0. The average Bonchev–Trinajstić information content (AvgIpc) is 3.01. The largest absolute Gasteiger partial charge is 0.461 e. The van der Waals surface area contributed by atoms with E-state index in [0.29, 0.717) is 0 Å². The molecule has 0 bridgehead atoms. The molecule has 0 amide bonds. The van der Waals surface area contributed by atoms with Gasteiger partial charge in [-0.25, -0.2) is 0 Å². The molecule has 0 atom stereocenters. The van der Waals surface area contributed by atoms with Crippen molar-refractivity contribution in [1.29, 1.82) is 0 Å². The van der Waals surface area contributed by atoms with Crippen LogP contribution < -0.4 is 9.47 Å². The zero-order valence-corrected chi connectivity index (χ0v) is 13.2. The van der Waals surface area contributed by atoms with E-state index in [1.165, 1.54) is 0 Å². The van der Waals surface area contributed by atoms with Crippen LogP contribution in [0, 0.1) is 0 Å². The van der Waals surface area contributed by atoms with Gasteiger partial charge in [0.05, 0.1) is 6.42 Å². The van der Waals surface area contributed by atoms with Crippen molar-refractivity contribution in [3.8, 4) is 11.5 Å². The molecule has 0 aliphatic carbocycles. The first-order valence-corrected chi connectivity index (χ1v) is 7.87. The lowest BCUT2D eigenvalue weighted by Crippen LogP contribution is -2.09. The van der Waals surface area contributed by atoms with Gasteiger partial charge in [-0.2, -0.15) is 0 Å². The van der Waals surface area contributed by atoms with Gasteiger partial charge < -0.3 is 14.2 Å². The molecule has 1 aliphatic rings. The Morgan fingerprint density at radius 1 is 1.09 bits per heavy atom. The first-order valence-electron chi connectivity index (χ1n) is 7.87. The van der Waals surface area contributed by atoms with E-state index in [1.807, 2.05) is 42.5 Å². The lowest BCUT2D eigenvalue weighted by atomic mass is 10.0. The number of hydrogen-bond donors (Lipinski definition) is 0. The third kappa shape index (κ3) is 3.83. The molecule has 0 N–H and O–H groups in total. The fourth-order valence-corrected chi connectivity index (χ4v) is 2.63. The molecular formula is C19H20O4. The van der Waals surface area contributed by atoms with E-state index >= 15 is 0 Å². The maximum atomic E-state index is 12.0. The van der Waals surface area contributed by atoms with Crippen LogP contribution in [0.15, 0.2) is 42.5 Å². The number of carbonyl (C=O) groups excluding carboxylic acids is 1. The van der Waals surface area contributed by atoms with Crippen LogP contribution in [0.3, 0.4) is 0 Å². The van der Waals surface area contributed by atoms with E-state index in [1.54, 1.807) is 0 Å². The minimum absolute atomic E-state index is 0.226. The highest BCUT2D eigenvalue weighted by Crippen LogP contribution is 2.35. The molecule has 0 spiro atoms. The van der Waals surface area contributed by atoms with Crippen molar-refractivity contribution < 1.29 is 19.0 Å². The lowest BCUT2D eigenvalue weighted by Gasteiger charge is -2.11. The summed E-state index contributed by atoms with van der Waals surface area (Å²) < 4.78 is 16.3. The number of esters is 1. The molecule has 0 aromatic heterocycles. The number of carbonyl (C=O) groups is 1. The van der Waals surface area contributed by atoms with Gasteiger partial charge >= 0.3 is 5.97 Å². The molecule has 2 aromatic carbocycles. The minimum atomic E-state index is -0.226. The Hall–Kier alpha value is -2.49. The number of rotatable bonds is 6. The van der Waals surface area contributed by atoms with Crippen LogP contribution in [0.4, 0.5) is 0 Å². The molecule has 0 fully saturated rings. The third-order valence-electron chi connectivity index (χ3n) is 3.79. The molecule has 23 heavy (non-hydrogen) atoms. The first kappa shape index (κ1) is 15.4. The summed E-state index contributed by atoms with van der Waals surface area (Å²) in [5, 5.41) is 0. The predicted octanol–water partition coefficient (Wildman–Crippen LogP) is 3.65. The highest BCUT2D eigenvalue weighted by Gasteiger charge is 2.17. The van der Waals surface area contributed by atoms with Crippen LogP contribution in [0.25, 0.3) is 0 Å². The van der Waals surface area contributed by atoms with Crippen LogP contribution in [0.1, 0.15) is 30.0 Å². The van der Waals surface area contributed by atoms with Gasteiger partial charge in [-0.05, 0) is 35.2 Å². The quantitative estimate of drug-likeness (QED) is 0.764. The average molecular weight is 312 g/mol. The van der Waals surface area contributed by atoms with Gasteiger partial charge in [-0.1, -0.05) is 43.7 Å². The van der Waals surface area contributed by atoms with Crippen molar-refractivity contribution in [2.75, 3.05) is 6.79 Å². The topological polar surface area (TPSA) is 44.8 Å². The second-order valence-electron chi connectivity index (χ2n) is 5.55. The Kier molecular flexibility index (Phi) is 4.81. The molecule has 1 heterocycles. The van der Waals surface area contributed by atoms with Crippen LogP contribution in [-0.4, -0.2) is 12.8 Å². The second-order valence-corrected chi connectivity index (χ2v) is 5.55. The van der Waals surface area contributed by atoms with E-state index in [-0.39, 0.29) is 25.8 Å². The number of benzene rings is 2. The maximum Gasteiger partial charge on any atom is 0.310 e. The van der Waals surface area contributed by atoms with Gasteiger partial charge in [0.25, 0.3) is 0 Å². The fourth-order valence-electron chi connectivity index (χ4n) is 2.63. The normalized spacial score (nSPS) is 12.2. The van der Waals surface area contributed by atoms with Gasteiger partial charge in [0.15, 0.2) is 11.5 Å². The van der Waals surface area contributed by atoms with Crippen molar-refractivity contribution in [3.05, 3.63) is 59.2 Å². The number of ether oxygens (including phenoxy) is 3. The summed E-state index contributed by atoms with van der Waals surface area (Å²) in [4.78, 5) is 12.0. The second kappa shape index (κ2) is 7.18. The molecule has 0 radical (unpaired) electrons. The summed E-state index contributed by atoms with van der Waals surface area (Å²) in [6.07, 6.45) is 2.22. The smallest absolute Gasteiger partial charge is 0.310 e. The van der Waals surface area contributed by atoms with Crippen molar-refractivity contribution >= 4 is 5.97 Å². The van der Waals surface area contributed by atoms with E-state index in [0.717, 1.165) is 41.0 Å². The predicted molar refractivity (Wildman–Crippen MR) is 86.5 cm³/mol. The minimum Gasteiger partial charge on any atom is -0.461 e. The monoisotopic (exact) mass is 312 g/mol. The van der Waals surface area contributed by atoms with E-state index in [2.05, 4.69) is 6.92 Å². The molecule has 4 heteroatoms. The molecule has 3 rings (SSSR count). The molecule has 2 aromatic rings. The van der Waals surface area contributed by atoms with Crippen molar-refractivity contribution in [3.63, 3.8) is 0 Å². The van der Waals surface area contributed by atoms with E-state index in [9.17, 15) is 4.79 Å². The molecule has 1 aliphatic heterocycles. The molecule has 0 saturated heterocycles. The summed E-state index contributed by atoms with van der Waals surface area (Å²) in [6, 6.07) is 13.5. The van der Waals surface area contributed by atoms with E-state index in [4.69, 9.17) is 14.2 Å². The summed E-state index contributed by atoms with van der Waals surface area (Å²) in [5.41, 5.74) is 3.08. The molecule has 120 valence electrons. The van der Waals surface area contributed by atoms with E-state index < -0.39 is 0 Å². The number of fused-ring (bicyclic) bond motifs is 1. The SMILES string of the molecule is CCCc1cc2c(cc1COC(=O)Cc1ccccc1)OCO2. The Balaban J connectivity index is 1.66. The van der Waals surface area contributed by atoms with Crippen molar-refractivity contribution in [1.82, 2.24) is 0 Å². The third-order valence-corrected chi connectivity index (χ3v) is 3.79. The van der Waals surface area contributed by atoms with Gasteiger partial charge in [0.1, 0.15) is 6.61 Å². The highest BCUT2D eigenvalue weighted by atomic mass is 16.7. The van der Waals surface area contributed by atoms with Gasteiger partial charge in [0, 0.05) is 0 Å². The van der Waals surface area contributed by atoms with Crippen LogP contribution in [0.2, 0.25) is 0 Å². The Morgan fingerprint density at radius 3 is 2.48 bits per heavy atom. The molecular weight excluding hydrogens is 292 g/mol. The lowest BCUT2D eigenvalue weighted by molar-refractivity contribution is -0.144. The number of aryl methyl sites for hydroxylation is 1. The van der Waals surface area contributed by atoms with Crippen molar-refractivity contribution in [2.24, 2.45) is 0 Å². The maximum absolute atomic E-state index is 12.0. The molecule has 0 unspecified atom stereocenters. The fraction of sp³-hybridized carbons (Fsp3) is 0.316. The zero-order chi connectivity index (χ0) is 16.1. The van der Waals surface area contributed by atoms with Gasteiger partial charge in [-0.3, -0.25) is 4.79 Å². The standard InChI is InChI=1S/C19H20O4/c1-2-6-15-10-17-18(23-13-22-17)11-16(15)12-21-19(20)9-14-7-4-3-5-8-14/h3-5,7-8,10-11H,2,6,9,12-13H2,1H3. The summed E-state index contributed by atoms with van der Waals surface area (Å²) >= 11 is 0. The highest BCUT2D eigenvalue weighted by molar-refractivity contribution is 5.72. The summed E-state index contributed by atoms with van der Waals surface area (Å²) in [5.74, 6) is 1.27. The van der Waals surface area contributed by atoms with Crippen molar-refractivity contribution in [2.45, 2.75) is 32.8 Å². The first-order chi connectivity index (χ1) is 11.3. The Labute approximate surface area is 136 Å². The van der Waals surface area contributed by atoms with Crippen LogP contribution >= 0.6 is 0 Å². The van der Waals surface area contributed by atoms with Gasteiger partial charge in [0.2, 0.25) is 6.79 Å². The summed E-state index contributed by atoms with van der Waals surface area (Å²) in [6.45, 7) is 2.63.